The maximum absolute atomic E-state index is 12.0. The second-order valence-corrected chi connectivity index (χ2v) is 6.50. The summed E-state index contributed by atoms with van der Waals surface area (Å²) in [4.78, 5) is 38.0. The van der Waals surface area contributed by atoms with Crippen molar-refractivity contribution in [2.75, 3.05) is 11.1 Å². The fourth-order valence-corrected chi connectivity index (χ4v) is 2.69. The molecule has 1 atom stereocenters. The zero-order valence-corrected chi connectivity index (χ0v) is 14.8. The van der Waals surface area contributed by atoms with Crippen molar-refractivity contribution in [1.82, 2.24) is 0 Å². The van der Waals surface area contributed by atoms with Gasteiger partial charge in [0, 0.05) is 17.1 Å². The van der Waals surface area contributed by atoms with Crippen LogP contribution in [0.15, 0.2) is 33.4 Å². The number of aliphatic imine (C=N–C) groups is 1. The molecule has 25 heavy (non-hydrogen) atoms. The van der Waals surface area contributed by atoms with Crippen LogP contribution in [0.1, 0.15) is 18.4 Å². The predicted octanol–water partition coefficient (Wildman–Crippen LogP) is 2.90. The molecule has 132 valence electrons. The molecule has 1 unspecified atom stereocenters. The van der Waals surface area contributed by atoms with Crippen molar-refractivity contribution in [3.8, 4) is 0 Å². The van der Waals surface area contributed by atoms with E-state index in [2.05, 4.69) is 20.5 Å². The standard InChI is InChI=1S/C15H15ClN4O4S/c1-8-9(16)3-2-4-10(8)17-12(21)7-25-15-18-14(24)11(19-20-15)5-6-13(22)23/h2-4,11H,5-7H2,1H3,(H,17,21)(H,22,23). The molecule has 2 N–H and O–H groups in total. The van der Waals surface area contributed by atoms with Crippen LogP contribution in [0.4, 0.5) is 5.69 Å². The Morgan fingerprint density at radius 1 is 1.40 bits per heavy atom. The van der Waals surface area contributed by atoms with Gasteiger partial charge < -0.3 is 10.4 Å². The smallest absolute Gasteiger partial charge is 0.303 e. The zero-order valence-electron chi connectivity index (χ0n) is 13.2. The van der Waals surface area contributed by atoms with Crippen molar-refractivity contribution in [2.24, 2.45) is 15.2 Å². The van der Waals surface area contributed by atoms with E-state index in [1.165, 1.54) is 0 Å². The summed E-state index contributed by atoms with van der Waals surface area (Å²) >= 11 is 6.97. The van der Waals surface area contributed by atoms with Gasteiger partial charge in [0.05, 0.1) is 5.75 Å². The quantitative estimate of drug-likeness (QED) is 0.783. The Kier molecular flexibility index (Phi) is 6.65. The van der Waals surface area contributed by atoms with Crippen molar-refractivity contribution >= 4 is 52.0 Å². The number of amidine groups is 1. The van der Waals surface area contributed by atoms with Crippen LogP contribution in [-0.4, -0.2) is 39.9 Å². The van der Waals surface area contributed by atoms with Crippen LogP contribution < -0.4 is 5.32 Å². The lowest BCUT2D eigenvalue weighted by atomic mass is 10.1. The van der Waals surface area contributed by atoms with E-state index >= 15 is 0 Å². The van der Waals surface area contributed by atoms with Crippen LogP contribution >= 0.6 is 23.4 Å². The molecule has 8 nitrogen and oxygen atoms in total. The Bertz CT molecular complexity index is 766. The molecule has 2 amide bonds. The van der Waals surface area contributed by atoms with E-state index in [4.69, 9.17) is 16.7 Å². The molecule has 0 aromatic heterocycles. The Balaban J connectivity index is 1.85. The average Bonchev–Trinajstić information content (AvgIpc) is 2.56. The molecular weight excluding hydrogens is 368 g/mol. The van der Waals surface area contributed by atoms with Crippen LogP contribution in [0, 0.1) is 6.92 Å². The van der Waals surface area contributed by atoms with Gasteiger partial charge in [-0.1, -0.05) is 29.4 Å². The first kappa shape index (κ1) is 19.1. The highest BCUT2D eigenvalue weighted by molar-refractivity contribution is 8.14. The van der Waals surface area contributed by atoms with E-state index in [0.717, 1.165) is 17.3 Å². The topological polar surface area (TPSA) is 121 Å². The number of halogens is 1. The molecule has 0 radical (unpaired) electrons. The van der Waals surface area contributed by atoms with Crippen LogP contribution in [-0.2, 0) is 14.4 Å². The van der Waals surface area contributed by atoms with Crippen LogP contribution in [0.25, 0.3) is 0 Å². The Morgan fingerprint density at radius 2 is 2.16 bits per heavy atom. The van der Waals surface area contributed by atoms with E-state index in [1.54, 1.807) is 25.1 Å². The van der Waals surface area contributed by atoms with E-state index < -0.39 is 17.9 Å². The lowest BCUT2D eigenvalue weighted by molar-refractivity contribution is -0.137. The van der Waals surface area contributed by atoms with Gasteiger partial charge in [-0.3, -0.25) is 14.4 Å². The molecule has 0 bridgehead atoms. The molecule has 1 aromatic carbocycles. The number of carboxylic acid groups (broad SMARTS) is 1. The molecular formula is C15H15ClN4O4S. The first-order chi connectivity index (χ1) is 11.9. The normalized spacial score (nSPS) is 16.5. The molecule has 1 heterocycles. The molecule has 10 heteroatoms. The highest BCUT2D eigenvalue weighted by Gasteiger charge is 2.23. The maximum atomic E-state index is 12.0. The highest BCUT2D eigenvalue weighted by atomic mass is 35.5. The van der Waals surface area contributed by atoms with Gasteiger partial charge in [-0.25, -0.2) is 0 Å². The number of nitrogens with one attached hydrogen (secondary N) is 1. The van der Waals surface area contributed by atoms with E-state index in [-0.39, 0.29) is 29.7 Å². The third kappa shape index (κ3) is 5.64. The monoisotopic (exact) mass is 382 g/mol. The van der Waals surface area contributed by atoms with Gasteiger partial charge >= 0.3 is 5.97 Å². The Morgan fingerprint density at radius 3 is 2.84 bits per heavy atom. The van der Waals surface area contributed by atoms with Crippen molar-refractivity contribution in [2.45, 2.75) is 25.8 Å². The number of hydrogen-bond acceptors (Lipinski definition) is 6. The summed E-state index contributed by atoms with van der Waals surface area (Å²) in [5, 5.41) is 19.5. The van der Waals surface area contributed by atoms with Crippen molar-refractivity contribution in [3.05, 3.63) is 28.8 Å². The Hall–Kier alpha value is -2.26. The number of benzene rings is 1. The summed E-state index contributed by atoms with van der Waals surface area (Å²) in [5.74, 6) is -1.87. The second kappa shape index (κ2) is 8.72. The summed E-state index contributed by atoms with van der Waals surface area (Å²) in [6.45, 7) is 1.79. The molecule has 0 saturated carbocycles. The van der Waals surface area contributed by atoms with Gasteiger partial charge in [0.1, 0.15) is 0 Å². The van der Waals surface area contributed by atoms with Gasteiger partial charge in [-0.05, 0) is 31.0 Å². The Labute approximate surface area is 152 Å². The molecule has 0 spiro atoms. The largest absolute Gasteiger partial charge is 0.481 e. The van der Waals surface area contributed by atoms with E-state index in [0.29, 0.717) is 10.7 Å². The number of azo groups is 1. The zero-order chi connectivity index (χ0) is 18.4. The fourth-order valence-electron chi connectivity index (χ4n) is 1.92. The van der Waals surface area contributed by atoms with Crippen LogP contribution in [0.5, 0.6) is 0 Å². The first-order valence-corrected chi connectivity index (χ1v) is 8.66. The summed E-state index contributed by atoms with van der Waals surface area (Å²) in [7, 11) is 0. The molecule has 1 aromatic rings. The fraction of sp³-hybridized carbons (Fsp3) is 0.333. The minimum Gasteiger partial charge on any atom is -0.481 e. The number of amides is 2. The molecule has 0 fully saturated rings. The maximum Gasteiger partial charge on any atom is 0.303 e. The third-order valence-electron chi connectivity index (χ3n) is 3.28. The number of thioether (sulfide) groups is 1. The second-order valence-electron chi connectivity index (χ2n) is 5.15. The van der Waals surface area contributed by atoms with Gasteiger partial charge in [0.25, 0.3) is 5.91 Å². The lowest BCUT2D eigenvalue weighted by Crippen LogP contribution is -2.22. The number of rotatable bonds is 6. The summed E-state index contributed by atoms with van der Waals surface area (Å²) < 4.78 is 0. The third-order valence-corrected chi connectivity index (χ3v) is 4.53. The number of nitrogens with zero attached hydrogens (tertiary/aromatic N) is 3. The van der Waals surface area contributed by atoms with Crippen molar-refractivity contribution in [1.29, 1.82) is 0 Å². The minimum atomic E-state index is -1.01. The summed E-state index contributed by atoms with van der Waals surface area (Å²) in [6.07, 6.45) is -0.136. The molecule has 0 aliphatic carbocycles. The van der Waals surface area contributed by atoms with E-state index in [1.807, 2.05) is 0 Å². The van der Waals surface area contributed by atoms with Gasteiger partial charge in [0.15, 0.2) is 6.04 Å². The predicted molar refractivity (Wildman–Crippen MR) is 95.2 cm³/mol. The molecule has 2 rings (SSSR count). The highest BCUT2D eigenvalue weighted by Crippen LogP contribution is 2.23. The van der Waals surface area contributed by atoms with Gasteiger partial charge in [-0.2, -0.15) is 10.1 Å². The van der Waals surface area contributed by atoms with E-state index in [9.17, 15) is 14.4 Å². The molecule has 1 aliphatic heterocycles. The summed E-state index contributed by atoms with van der Waals surface area (Å²) in [5.41, 5.74) is 1.36. The number of carbonyl (C=O) groups is 3. The minimum absolute atomic E-state index is 0.00310. The van der Waals surface area contributed by atoms with Crippen LogP contribution in [0.3, 0.4) is 0 Å². The van der Waals surface area contributed by atoms with Crippen molar-refractivity contribution < 1.29 is 19.5 Å². The number of carbonyl (C=O) groups excluding carboxylic acids is 2. The van der Waals surface area contributed by atoms with Crippen molar-refractivity contribution in [3.63, 3.8) is 0 Å². The lowest BCUT2D eigenvalue weighted by Gasteiger charge is -2.11. The summed E-state index contributed by atoms with van der Waals surface area (Å²) in [6, 6.07) is 4.32. The van der Waals surface area contributed by atoms with Gasteiger partial charge in [0.2, 0.25) is 11.1 Å². The average molecular weight is 383 g/mol. The molecule has 1 aliphatic rings. The number of aliphatic carboxylic acids is 1. The number of hydrogen-bond donors (Lipinski definition) is 2. The van der Waals surface area contributed by atoms with Crippen LogP contribution in [0.2, 0.25) is 5.02 Å². The van der Waals surface area contributed by atoms with Gasteiger partial charge in [-0.15, -0.1) is 5.11 Å². The first-order valence-electron chi connectivity index (χ1n) is 7.29. The SMILES string of the molecule is Cc1c(Cl)cccc1NC(=O)CSC1=NC(=O)C(CCC(=O)O)N=N1. The molecule has 0 saturated heterocycles. The number of carboxylic acids is 1. The number of anilines is 1.